The van der Waals surface area contributed by atoms with Gasteiger partial charge in [0.1, 0.15) is 10.2 Å². The van der Waals surface area contributed by atoms with Crippen molar-refractivity contribution in [3.8, 4) is 0 Å². The third-order valence-electron chi connectivity index (χ3n) is 2.82. The maximum atomic E-state index is 12.4. The van der Waals surface area contributed by atoms with Crippen LogP contribution in [0, 0.1) is 6.92 Å². The quantitative estimate of drug-likeness (QED) is 0.0890. The van der Waals surface area contributed by atoms with Crippen LogP contribution in [0.4, 0.5) is 5.69 Å². The van der Waals surface area contributed by atoms with E-state index in [1.807, 2.05) is 25.1 Å². The van der Waals surface area contributed by atoms with Gasteiger partial charge in [0.15, 0.2) is 0 Å². The number of hydrogen-bond donors (Lipinski definition) is 2. The summed E-state index contributed by atoms with van der Waals surface area (Å²) in [7, 11) is 0. The Labute approximate surface area is 157 Å². The zero-order valence-corrected chi connectivity index (χ0v) is 16.5. The van der Waals surface area contributed by atoms with Crippen LogP contribution < -0.4 is 15.7 Å². The second-order valence-electron chi connectivity index (χ2n) is 4.65. The molecule has 0 radical (unpaired) electrons. The number of rotatable bonds is 8. The molecule has 0 aliphatic heterocycles. The van der Waals surface area contributed by atoms with Crippen molar-refractivity contribution in [1.29, 1.82) is 0 Å². The van der Waals surface area contributed by atoms with Crippen molar-refractivity contribution in [2.45, 2.75) is 13.3 Å². The highest BCUT2D eigenvalue weighted by atomic mass is 79.9. The Kier molecular flexibility index (Phi) is 8.86. The van der Waals surface area contributed by atoms with Gasteiger partial charge in [0.2, 0.25) is 0 Å². The van der Waals surface area contributed by atoms with Gasteiger partial charge in [-0.1, -0.05) is 18.7 Å². The summed E-state index contributed by atoms with van der Waals surface area (Å²) in [6, 6.07) is 7.32. The van der Waals surface area contributed by atoms with E-state index in [2.05, 4.69) is 43.3 Å². The van der Waals surface area contributed by atoms with E-state index in [4.69, 9.17) is 22.4 Å². The standard InChI is InChI=1S/C15H18Br2ClN3O2/c1-10-5-3-6-12(9-10)21(19)15(22)14(17)13(16)11(2)23-8-4-7-20-18/h3,5-6,9,20H,2,4,7-8,19H2,1H3/b14-13-. The van der Waals surface area contributed by atoms with Gasteiger partial charge in [-0.2, -0.15) is 0 Å². The molecule has 8 heteroatoms. The van der Waals surface area contributed by atoms with Crippen LogP contribution in [-0.4, -0.2) is 19.1 Å². The first-order valence-electron chi connectivity index (χ1n) is 6.75. The molecule has 0 saturated carbocycles. The van der Waals surface area contributed by atoms with Crippen LogP contribution in [0.3, 0.4) is 0 Å². The van der Waals surface area contributed by atoms with Crippen molar-refractivity contribution in [1.82, 2.24) is 4.84 Å². The van der Waals surface area contributed by atoms with Gasteiger partial charge in [-0.25, -0.2) is 15.7 Å². The molecule has 0 atom stereocenters. The lowest BCUT2D eigenvalue weighted by atomic mass is 10.2. The van der Waals surface area contributed by atoms with Crippen molar-refractivity contribution in [2.75, 3.05) is 18.2 Å². The number of halogens is 3. The SMILES string of the molecule is C=C(OCCCNCl)/C(Br)=C(/Br)C(=O)N(N)c1cccc(C)c1. The van der Waals surface area contributed by atoms with Crippen LogP contribution in [0.15, 0.2) is 45.6 Å². The first-order chi connectivity index (χ1) is 10.9. The smallest absolute Gasteiger partial charge is 0.280 e. The summed E-state index contributed by atoms with van der Waals surface area (Å²) in [5.41, 5.74) is 1.59. The second-order valence-corrected chi connectivity index (χ2v) is 6.50. The lowest BCUT2D eigenvalue weighted by Crippen LogP contribution is -2.37. The minimum Gasteiger partial charge on any atom is -0.493 e. The molecular formula is C15H18Br2ClN3O2. The van der Waals surface area contributed by atoms with E-state index in [0.29, 0.717) is 35.5 Å². The monoisotopic (exact) mass is 465 g/mol. The molecule has 1 aromatic rings. The van der Waals surface area contributed by atoms with Gasteiger partial charge in [-0.15, -0.1) is 0 Å². The van der Waals surface area contributed by atoms with Crippen LogP contribution in [0.1, 0.15) is 12.0 Å². The van der Waals surface area contributed by atoms with E-state index in [9.17, 15) is 4.79 Å². The third-order valence-corrected chi connectivity index (χ3v) is 5.11. The molecule has 0 aromatic heterocycles. The zero-order chi connectivity index (χ0) is 17.4. The number of aryl methyl sites for hydroxylation is 1. The van der Waals surface area contributed by atoms with Crippen LogP contribution >= 0.6 is 43.6 Å². The molecule has 0 aliphatic rings. The normalized spacial score (nSPS) is 11.7. The van der Waals surface area contributed by atoms with E-state index in [0.717, 1.165) is 10.6 Å². The molecule has 3 N–H and O–H groups in total. The molecular weight excluding hydrogens is 449 g/mol. The Morgan fingerprint density at radius 1 is 1.43 bits per heavy atom. The summed E-state index contributed by atoms with van der Waals surface area (Å²) in [6.07, 6.45) is 0.709. The first-order valence-corrected chi connectivity index (χ1v) is 8.71. The Bertz CT molecular complexity index is 608. The molecule has 0 spiro atoms. The molecule has 0 unspecified atom stereocenters. The predicted molar refractivity (Wildman–Crippen MR) is 101 cm³/mol. The third kappa shape index (κ3) is 6.27. The van der Waals surface area contributed by atoms with E-state index in [1.165, 1.54) is 0 Å². The van der Waals surface area contributed by atoms with E-state index in [-0.39, 0.29) is 4.48 Å². The Morgan fingerprint density at radius 2 is 2.13 bits per heavy atom. The number of nitrogens with zero attached hydrogens (tertiary/aromatic N) is 1. The number of carbonyl (C=O) groups is 1. The largest absolute Gasteiger partial charge is 0.493 e. The highest BCUT2D eigenvalue weighted by Gasteiger charge is 2.20. The summed E-state index contributed by atoms with van der Waals surface area (Å²) < 4.78 is 6.07. The number of anilines is 1. The fourth-order valence-electron chi connectivity index (χ4n) is 1.61. The first kappa shape index (κ1) is 20.2. The van der Waals surface area contributed by atoms with E-state index >= 15 is 0 Å². The number of nitrogens with one attached hydrogen (secondary N) is 1. The van der Waals surface area contributed by atoms with E-state index in [1.54, 1.807) is 6.07 Å². The number of benzene rings is 1. The number of allylic oxidation sites excluding steroid dienone is 1. The number of ether oxygens (including phenoxy) is 1. The predicted octanol–water partition coefficient (Wildman–Crippen LogP) is 3.87. The zero-order valence-electron chi connectivity index (χ0n) is 12.6. The molecule has 0 saturated heterocycles. The molecule has 0 heterocycles. The maximum Gasteiger partial charge on any atom is 0.280 e. The van der Waals surface area contributed by atoms with Gasteiger partial charge in [0.05, 0.1) is 16.8 Å². The van der Waals surface area contributed by atoms with Gasteiger partial charge in [-0.05, 0) is 74.7 Å². The highest BCUT2D eigenvalue weighted by molar-refractivity contribution is 9.14. The van der Waals surface area contributed by atoms with Crippen LogP contribution in [0.5, 0.6) is 0 Å². The van der Waals surface area contributed by atoms with Crippen molar-refractivity contribution in [3.05, 3.63) is 51.1 Å². The van der Waals surface area contributed by atoms with Crippen LogP contribution in [0.2, 0.25) is 0 Å². The summed E-state index contributed by atoms with van der Waals surface area (Å²) in [4.78, 5) is 14.9. The number of nitrogens with two attached hydrogens (primary N) is 1. The van der Waals surface area contributed by atoms with Crippen LogP contribution in [-0.2, 0) is 9.53 Å². The van der Waals surface area contributed by atoms with Gasteiger partial charge in [-0.3, -0.25) is 4.79 Å². The molecule has 0 fully saturated rings. The molecule has 0 bridgehead atoms. The van der Waals surface area contributed by atoms with Gasteiger partial charge >= 0.3 is 0 Å². The van der Waals surface area contributed by atoms with Crippen molar-refractivity contribution < 1.29 is 9.53 Å². The lowest BCUT2D eigenvalue weighted by Gasteiger charge is -2.18. The fraction of sp³-hybridized carbons (Fsp3) is 0.267. The Balaban J connectivity index is 2.78. The minimum absolute atomic E-state index is 0.224. The van der Waals surface area contributed by atoms with Gasteiger partial charge in [0, 0.05) is 6.54 Å². The summed E-state index contributed by atoms with van der Waals surface area (Å²) >= 11 is 11.9. The van der Waals surface area contributed by atoms with Crippen molar-refractivity contribution in [2.24, 2.45) is 5.84 Å². The lowest BCUT2D eigenvalue weighted by molar-refractivity contribution is -0.114. The molecule has 1 rings (SSSR count). The van der Waals surface area contributed by atoms with Crippen LogP contribution in [0.25, 0.3) is 0 Å². The molecule has 0 aliphatic carbocycles. The average molecular weight is 468 g/mol. The molecule has 1 amide bonds. The van der Waals surface area contributed by atoms with Gasteiger partial charge in [0.25, 0.3) is 5.91 Å². The Morgan fingerprint density at radius 3 is 2.74 bits per heavy atom. The maximum absolute atomic E-state index is 12.4. The minimum atomic E-state index is -0.422. The number of hydrazine groups is 1. The molecule has 126 valence electrons. The topological polar surface area (TPSA) is 67.6 Å². The summed E-state index contributed by atoms with van der Waals surface area (Å²) in [5, 5.41) is 1.06. The average Bonchev–Trinajstić information content (AvgIpc) is 2.55. The number of amides is 1. The summed E-state index contributed by atoms with van der Waals surface area (Å²) in [5.74, 6) is 5.80. The molecule has 1 aromatic carbocycles. The summed E-state index contributed by atoms with van der Waals surface area (Å²) in [6.45, 7) is 6.74. The van der Waals surface area contributed by atoms with Crippen molar-refractivity contribution >= 4 is 55.2 Å². The molecule has 5 nitrogen and oxygen atoms in total. The molecule has 23 heavy (non-hydrogen) atoms. The highest BCUT2D eigenvalue weighted by Crippen LogP contribution is 2.27. The van der Waals surface area contributed by atoms with Gasteiger partial charge < -0.3 is 4.74 Å². The fourth-order valence-corrected chi connectivity index (χ4v) is 2.44. The Hall–Kier alpha value is -0.860. The van der Waals surface area contributed by atoms with E-state index < -0.39 is 5.91 Å². The second kappa shape index (κ2) is 10.1. The number of hydrogen-bond acceptors (Lipinski definition) is 4. The van der Waals surface area contributed by atoms with Crippen molar-refractivity contribution in [3.63, 3.8) is 0 Å². The number of carbonyl (C=O) groups excluding carboxylic acids is 1.